The zero-order chi connectivity index (χ0) is 37.3. The Balaban J connectivity index is 1.08. The van der Waals surface area contributed by atoms with Crippen LogP contribution >= 0.6 is 0 Å². The molecule has 5 nitrogen and oxygen atoms in total. The molecular weight excluding hydrogens is 683 g/mol. The number of fused-ring (bicyclic) bond motifs is 3. The van der Waals surface area contributed by atoms with Crippen LogP contribution in [0, 0.1) is 0 Å². The summed E-state index contributed by atoms with van der Waals surface area (Å²) < 4.78 is 2.18. The van der Waals surface area contributed by atoms with Gasteiger partial charge in [-0.15, -0.1) is 0 Å². The number of hydrogen-bond donors (Lipinski definition) is 0. The summed E-state index contributed by atoms with van der Waals surface area (Å²) in [5.74, 6) is 1.80. The number of rotatable bonds is 8. The van der Waals surface area contributed by atoms with E-state index in [0.29, 0.717) is 17.6 Å². The smallest absolute Gasteiger partial charge is 0.238 e. The summed E-state index contributed by atoms with van der Waals surface area (Å²) in [4.78, 5) is 17.7. The molecule has 5 heteroatoms. The summed E-state index contributed by atoms with van der Waals surface area (Å²) in [7, 11) is 0. The SMILES string of the molecule is c1ccc(-c2ccc3c4ccccc4n(-c4nc(-c5ccccc5)nc(-c5ccc(-c6cccc(N(c7ccccc7)c7ccccc7)c6)cc5)n4)c3c2)cc1. The maximum Gasteiger partial charge on any atom is 0.238 e. The van der Waals surface area contributed by atoms with Crippen LogP contribution in [0.15, 0.2) is 212 Å². The maximum atomic E-state index is 5.22. The average molecular weight is 718 g/mol. The molecule has 0 saturated heterocycles. The molecule has 0 amide bonds. The maximum absolute atomic E-state index is 5.22. The van der Waals surface area contributed by atoms with Crippen molar-refractivity contribution in [3.05, 3.63) is 212 Å². The van der Waals surface area contributed by atoms with E-state index < -0.39 is 0 Å². The monoisotopic (exact) mass is 717 g/mol. The number of nitrogens with zero attached hydrogens (tertiary/aromatic N) is 5. The van der Waals surface area contributed by atoms with Crippen LogP contribution in [0.1, 0.15) is 0 Å². The summed E-state index contributed by atoms with van der Waals surface area (Å²) in [6.07, 6.45) is 0. The van der Waals surface area contributed by atoms with E-state index in [4.69, 9.17) is 15.0 Å². The Labute approximate surface area is 325 Å². The fourth-order valence-electron chi connectivity index (χ4n) is 7.54. The van der Waals surface area contributed by atoms with E-state index in [-0.39, 0.29) is 0 Å². The highest BCUT2D eigenvalue weighted by Crippen LogP contribution is 2.38. The van der Waals surface area contributed by atoms with Gasteiger partial charge in [0, 0.05) is 39.0 Å². The van der Waals surface area contributed by atoms with Crippen LogP contribution in [0.4, 0.5) is 17.1 Å². The molecule has 2 heterocycles. The lowest BCUT2D eigenvalue weighted by Gasteiger charge is -2.25. The molecule has 0 bridgehead atoms. The summed E-state index contributed by atoms with van der Waals surface area (Å²) >= 11 is 0. The highest BCUT2D eigenvalue weighted by molar-refractivity contribution is 6.10. The standard InChI is InChI=1S/C51H35N5/c1-5-16-36(17-6-1)41-32-33-46-45-26-13-14-27-47(45)56(48(46)35-41)51-53-49(38-18-7-2-8-19-38)52-50(54-51)39-30-28-37(29-31-39)40-20-15-25-44(34-40)55(42-21-9-3-10-22-42)43-23-11-4-12-24-43/h1-35H. The van der Waals surface area contributed by atoms with Crippen LogP contribution in [0.25, 0.3) is 72.8 Å². The zero-order valence-electron chi connectivity index (χ0n) is 30.4. The quantitative estimate of drug-likeness (QED) is 0.157. The molecule has 0 atom stereocenters. The number of para-hydroxylation sites is 3. The first-order valence-corrected chi connectivity index (χ1v) is 18.8. The van der Waals surface area contributed by atoms with Crippen LogP contribution in [-0.4, -0.2) is 19.5 Å². The Morgan fingerprint density at radius 2 is 0.750 bits per heavy atom. The van der Waals surface area contributed by atoms with Gasteiger partial charge < -0.3 is 4.90 Å². The average Bonchev–Trinajstić information content (AvgIpc) is 3.62. The topological polar surface area (TPSA) is 46.8 Å². The van der Waals surface area contributed by atoms with E-state index in [1.807, 2.05) is 48.5 Å². The Morgan fingerprint density at radius 1 is 0.304 bits per heavy atom. The molecule has 0 aliphatic rings. The summed E-state index contributed by atoms with van der Waals surface area (Å²) in [6.45, 7) is 0. The van der Waals surface area contributed by atoms with Crippen LogP contribution in [0.3, 0.4) is 0 Å². The number of hydrogen-bond acceptors (Lipinski definition) is 4. The van der Waals surface area contributed by atoms with Crippen molar-refractivity contribution in [3.8, 4) is 51.0 Å². The van der Waals surface area contributed by atoms with Gasteiger partial charge in [-0.05, 0) is 70.8 Å². The molecule has 0 unspecified atom stereocenters. The van der Waals surface area contributed by atoms with Gasteiger partial charge in [0.05, 0.1) is 11.0 Å². The summed E-state index contributed by atoms with van der Waals surface area (Å²) in [5, 5.41) is 2.29. The fourth-order valence-corrected chi connectivity index (χ4v) is 7.54. The second-order valence-electron chi connectivity index (χ2n) is 13.7. The summed E-state index contributed by atoms with van der Waals surface area (Å²) in [6, 6.07) is 73.9. The van der Waals surface area contributed by atoms with Crippen molar-refractivity contribution in [2.45, 2.75) is 0 Å². The molecule has 0 N–H and O–H groups in total. The third-order valence-corrected chi connectivity index (χ3v) is 10.2. The molecule has 0 spiro atoms. The number of aromatic nitrogens is 4. The Kier molecular flexibility index (Phi) is 8.43. The van der Waals surface area contributed by atoms with Gasteiger partial charge in [0.15, 0.2) is 11.6 Å². The van der Waals surface area contributed by atoms with Crippen molar-refractivity contribution < 1.29 is 0 Å². The first-order valence-electron chi connectivity index (χ1n) is 18.8. The minimum atomic E-state index is 0.573. The molecule has 56 heavy (non-hydrogen) atoms. The van der Waals surface area contributed by atoms with Gasteiger partial charge in [0.2, 0.25) is 5.95 Å². The predicted octanol–water partition coefficient (Wildman–Crippen LogP) is 13.1. The molecule has 0 fully saturated rings. The van der Waals surface area contributed by atoms with Gasteiger partial charge in [0.1, 0.15) is 0 Å². The molecule has 0 aliphatic carbocycles. The molecule has 0 saturated carbocycles. The number of benzene rings is 8. The van der Waals surface area contributed by atoms with E-state index in [2.05, 4.69) is 173 Å². The molecule has 10 aromatic rings. The second-order valence-corrected chi connectivity index (χ2v) is 13.7. The van der Waals surface area contributed by atoms with Crippen molar-refractivity contribution in [3.63, 3.8) is 0 Å². The van der Waals surface area contributed by atoms with Crippen molar-refractivity contribution in [2.24, 2.45) is 0 Å². The van der Waals surface area contributed by atoms with Crippen LogP contribution in [0.2, 0.25) is 0 Å². The van der Waals surface area contributed by atoms with Gasteiger partial charge in [-0.2, -0.15) is 9.97 Å². The van der Waals surface area contributed by atoms with Gasteiger partial charge in [-0.1, -0.05) is 164 Å². The first kappa shape index (κ1) is 33.0. The largest absolute Gasteiger partial charge is 0.310 e. The van der Waals surface area contributed by atoms with E-state index in [1.165, 1.54) is 0 Å². The minimum absolute atomic E-state index is 0.573. The molecule has 0 radical (unpaired) electrons. The van der Waals surface area contributed by atoms with Crippen LogP contribution in [0.5, 0.6) is 0 Å². The molecule has 0 aliphatic heterocycles. The predicted molar refractivity (Wildman–Crippen MR) is 231 cm³/mol. The first-order chi connectivity index (χ1) is 27.8. The molecule has 264 valence electrons. The van der Waals surface area contributed by atoms with Crippen LogP contribution in [-0.2, 0) is 0 Å². The Bertz CT molecular complexity index is 2900. The highest BCUT2D eigenvalue weighted by atomic mass is 15.2. The van der Waals surface area contributed by atoms with Gasteiger partial charge >= 0.3 is 0 Å². The van der Waals surface area contributed by atoms with Gasteiger partial charge in [-0.3, -0.25) is 4.57 Å². The van der Waals surface area contributed by atoms with Gasteiger partial charge in [0.25, 0.3) is 0 Å². The summed E-state index contributed by atoms with van der Waals surface area (Å²) in [5.41, 5.74) is 11.7. The van der Waals surface area contributed by atoms with Crippen molar-refractivity contribution in [1.82, 2.24) is 19.5 Å². The zero-order valence-corrected chi connectivity index (χ0v) is 30.4. The van der Waals surface area contributed by atoms with E-state index in [9.17, 15) is 0 Å². The third-order valence-electron chi connectivity index (χ3n) is 10.2. The van der Waals surface area contributed by atoms with Crippen LogP contribution < -0.4 is 4.90 Å². The van der Waals surface area contributed by atoms with E-state index >= 15 is 0 Å². The fraction of sp³-hybridized carbons (Fsp3) is 0. The molecule has 8 aromatic carbocycles. The second kappa shape index (κ2) is 14.3. The lowest BCUT2D eigenvalue weighted by atomic mass is 10.0. The third kappa shape index (κ3) is 6.17. The van der Waals surface area contributed by atoms with E-state index in [0.717, 1.165) is 72.2 Å². The van der Waals surface area contributed by atoms with E-state index in [1.54, 1.807) is 0 Å². The normalized spacial score (nSPS) is 11.2. The van der Waals surface area contributed by atoms with Crippen molar-refractivity contribution in [2.75, 3.05) is 4.90 Å². The molecule has 10 rings (SSSR count). The minimum Gasteiger partial charge on any atom is -0.310 e. The molecule has 2 aromatic heterocycles. The van der Waals surface area contributed by atoms with Crippen molar-refractivity contribution >= 4 is 38.9 Å². The van der Waals surface area contributed by atoms with Crippen molar-refractivity contribution in [1.29, 1.82) is 0 Å². The number of anilines is 3. The van der Waals surface area contributed by atoms with Gasteiger partial charge in [-0.25, -0.2) is 4.98 Å². The Hall–Kier alpha value is -7.63. The lowest BCUT2D eigenvalue weighted by molar-refractivity contribution is 0.953. The lowest BCUT2D eigenvalue weighted by Crippen LogP contribution is -2.09. The molecular formula is C51H35N5. The highest BCUT2D eigenvalue weighted by Gasteiger charge is 2.19. The Morgan fingerprint density at radius 3 is 1.41 bits per heavy atom.